The van der Waals surface area contributed by atoms with Gasteiger partial charge in [0.15, 0.2) is 0 Å². The molecule has 0 saturated heterocycles. The van der Waals surface area contributed by atoms with Crippen molar-refractivity contribution in [1.82, 2.24) is 14.3 Å². The number of carbonyl (C=O) groups excluding carboxylic acids is 1. The normalized spacial score (nSPS) is 19.7. The fraction of sp³-hybridized carbons (Fsp3) is 0.263. The number of rotatable bonds is 3. The Morgan fingerprint density at radius 3 is 2.83 bits per heavy atom. The lowest BCUT2D eigenvalue weighted by molar-refractivity contribution is -0.128. The fourth-order valence-corrected chi connectivity index (χ4v) is 2.16. The number of aromatic nitrogens is 2. The molecule has 0 aliphatic carbocycles. The lowest BCUT2D eigenvalue weighted by Gasteiger charge is -2.11. The Morgan fingerprint density at radius 2 is 2.13 bits per heavy atom. The van der Waals surface area contributed by atoms with E-state index in [1.165, 1.54) is 31.2 Å². The van der Waals surface area contributed by atoms with E-state index in [-0.39, 0.29) is 46.4 Å². The van der Waals surface area contributed by atoms with Gasteiger partial charge in [-0.05, 0) is 25.4 Å². The predicted octanol–water partition coefficient (Wildman–Crippen LogP) is 3.25. The Labute approximate surface area is 150 Å². The molecule has 1 atom stereocenters. The minimum Gasteiger partial charge on any atom is -0.348 e. The molecule has 0 saturated carbocycles. The smallest absolute Gasteiger partial charge is 0.228 e. The van der Waals surface area contributed by atoms with Crippen molar-refractivity contribution in [2.75, 3.05) is 14.0 Å². The Morgan fingerprint density at radius 1 is 1.35 bits per heavy atom. The first-order valence-corrected chi connectivity index (χ1v) is 6.87. The van der Waals surface area contributed by atoms with Gasteiger partial charge in [-0.1, -0.05) is 35.9 Å². The maximum absolute atomic E-state index is 12.9. The van der Waals surface area contributed by atoms with Crippen LogP contribution in [0.4, 0.5) is 0 Å². The van der Waals surface area contributed by atoms with Gasteiger partial charge in [0.05, 0.1) is 21.9 Å². The molecular weight excluding hydrogens is 286 g/mol. The average molecular weight is 317 g/mol. The van der Waals surface area contributed by atoms with Crippen LogP contribution in [-0.2, 0) is 11.2 Å². The van der Waals surface area contributed by atoms with E-state index >= 15 is 0 Å². The molecule has 3 aromatic rings. The summed E-state index contributed by atoms with van der Waals surface area (Å²) >= 11 is 0. The first-order valence-electron chi connectivity index (χ1n) is 11.9. The number of fused-ring (bicyclic) bond motifs is 1. The topological polar surface area (TPSA) is 37.6 Å². The Hall–Kier alpha value is -2.62. The maximum atomic E-state index is 12.9. The van der Waals surface area contributed by atoms with Crippen LogP contribution in [0.15, 0.2) is 42.5 Å². The van der Waals surface area contributed by atoms with E-state index in [1.807, 2.05) is 0 Å². The molecule has 0 radical (unpaired) electrons. The van der Waals surface area contributed by atoms with Gasteiger partial charge in [-0.15, -0.1) is 0 Å². The van der Waals surface area contributed by atoms with Crippen LogP contribution in [-0.4, -0.2) is 34.2 Å². The number of amides is 1. The molecule has 4 nitrogen and oxygen atoms in total. The van der Waals surface area contributed by atoms with Crippen LogP contribution < -0.4 is 0 Å². The van der Waals surface area contributed by atoms with E-state index in [1.54, 1.807) is 0 Å². The molecule has 4 heteroatoms. The van der Waals surface area contributed by atoms with Gasteiger partial charge in [-0.3, -0.25) is 4.79 Å². The minimum atomic E-state index is -2.80. The molecule has 0 spiro atoms. The molecule has 0 N–H and O–H groups in total. The van der Waals surface area contributed by atoms with E-state index in [9.17, 15) is 4.79 Å². The van der Waals surface area contributed by atoms with Gasteiger partial charge >= 0.3 is 0 Å². The Kier molecular flexibility index (Phi) is 1.87. The van der Waals surface area contributed by atoms with E-state index in [0.717, 1.165) is 11.4 Å². The van der Waals surface area contributed by atoms with Crippen LogP contribution >= 0.6 is 0 Å². The number of hydrogen-bond acceptors (Lipinski definition) is 2. The van der Waals surface area contributed by atoms with Crippen LogP contribution in [0.3, 0.4) is 0 Å². The van der Waals surface area contributed by atoms with Gasteiger partial charge in [0.25, 0.3) is 0 Å². The number of nitrogens with zero attached hydrogens (tertiary/aromatic N) is 3. The van der Waals surface area contributed by atoms with Gasteiger partial charge in [0.1, 0.15) is 5.65 Å². The molecule has 0 fully saturated rings. The maximum Gasteiger partial charge on any atom is 0.228 e. The van der Waals surface area contributed by atoms with Crippen molar-refractivity contribution < 1.29 is 18.5 Å². The van der Waals surface area contributed by atoms with Crippen molar-refractivity contribution in [3.8, 4) is 11.3 Å². The molecule has 118 valence electrons. The molecule has 2 aromatic heterocycles. The van der Waals surface area contributed by atoms with Gasteiger partial charge in [0, 0.05) is 35.4 Å². The van der Waals surface area contributed by atoms with Crippen LogP contribution in [0, 0.1) is 13.8 Å². The molecule has 1 amide bonds. The van der Waals surface area contributed by atoms with Crippen molar-refractivity contribution >= 4 is 11.6 Å². The summed E-state index contributed by atoms with van der Waals surface area (Å²) in [5, 5.41) is 0. The number of hydrogen-bond donors (Lipinski definition) is 0. The van der Waals surface area contributed by atoms with Crippen molar-refractivity contribution in [3.63, 3.8) is 0 Å². The summed E-state index contributed by atoms with van der Waals surface area (Å²) in [6, 6.07) is 4.99. The molecule has 0 bridgehead atoms. The summed E-state index contributed by atoms with van der Waals surface area (Å²) in [4.78, 5) is 17.6. The zero-order valence-corrected chi connectivity index (χ0v) is 12.6. The summed E-state index contributed by atoms with van der Waals surface area (Å²) in [6.07, 6.45) is -2.08. The third-order valence-corrected chi connectivity index (χ3v) is 3.30. The summed E-state index contributed by atoms with van der Waals surface area (Å²) in [5.74, 6) is -1.07. The Balaban J connectivity index is 2.33. The quantitative estimate of drug-likeness (QED) is 0.743. The second-order valence-electron chi connectivity index (χ2n) is 5.11. The van der Waals surface area contributed by atoms with Crippen LogP contribution in [0.2, 0.25) is 0 Å². The fourth-order valence-electron chi connectivity index (χ4n) is 2.16. The summed E-state index contributed by atoms with van der Waals surface area (Å²) in [7, 11) is 1.04. The van der Waals surface area contributed by atoms with Gasteiger partial charge in [-0.2, -0.15) is 0 Å². The van der Waals surface area contributed by atoms with E-state index in [2.05, 4.69) is 4.98 Å². The second kappa shape index (κ2) is 5.88. The number of likely N-dealkylation sites (N-methyl/N-ethyl adjacent to an activating group) is 1. The number of aryl methyl sites for hydroxylation is 1. The van der Waals surface area contributed by atoms with Gasteiger partial charge in [0.2, 0.25) is 5.91 Å². The molecule has 2 heterocycles. The predicted molar refractivity (Wildman–Crippen MR) is 92.5 cm³/mol. The molecule has 3 rings (SSSR count). The van der Waals surface area contributed by atoms with E-state index in [4.69, 9.17) is 13.7 Å². The third kappa shape index (κ3) is 2.97. The van der Waals surface area contributed by atoms with Crippen LogP contribution in [0.25, 0.3) is 16.9 Å². The van der Waals surface area contributed by atoms with Crippen molar-refractivity contribution in [2.45, 2.75) is 20.2 Å². The second-order valence-corrected chi connectivity index (χ2v) is 5.11. The minimum absolute atomic E-state index is 0.0198. The van der Waals surface area contributed by atoms with Crippen molar-refractivity contribution in [3.05, 3.63) is 59.3 Å². The summed E-state index contributed by atoms with van der Waals surface area (Å²) in [5.41, 5.74) is 0.234. The monoisotopic (exact) mass is 317 g/mol. The molecule has 0 aliphatic rings. The summed E-state index contributed by atoms with van der Waals surface area (Å²) in [6.45, 7) is -3.70. The number of pyridine rings is 1. The first-order chi connectivity index (χ1) is 15.1. The molecule has 0 aliphatic heterocycles. The average Bonchev–Trinajstić information content (AvgIpc) is 3.14. The zero-order chi connectivity index (χ0) is 25.0. The molecule has 23 heavy (non-hydrogen) atoms. The highest BCUT2D eigenvalue weighted by Crippen LogP contribution is 2.26. The lowest BCUT2D eigenvalue weighted by Crippen LogP contribution is -2.24. The number of imidazole rings is 1. The lowest BCUT2D eigenvalue weighted by atomic mass is 10.1. The standard InChI is InChI=1S/C19H21N3O/c1-13-5-8-15(9-6-13)19-16(11-18(23)21(3)4)22-12-14(2)7-10-17(22)20-19/h5-10,12H,11H2,1-4H3/i1D3,3D3,7D,10D,11D,12D. The SMILES string of the molecule is [2H]c1c(C)c([2H])n2c(C([2H])C(=O)N(C)C([2H])([2H])[2H])c(-c3ccc(C([2H])([2H])[2H])cc3)nc2c1[2H]. The number of carbonyl (C=O) groups is 1. The van der Waals surface area contributed by atoms with E-state index < -0.39 is 26.1 Å². The zero-order valence-electron chi connectivity index (χ0n) is 22.6. The van der Waals surface area contributed by atoms with Crippen LogP contribution in [0.5, 0.6) is 0 Å². The highest BCUT2D eigenvalue weighted by atomic mass is 16.2. The molecule has 1 aromatic carbocycles. The van der Waals surface area contributed by atoms with Crippen LogP contribution in [0.1, 0.15) is 30.5 Å². The van der Waals surface area contributed by atoms with E-state index in [0.29, 0.717) is 10.5 Å². The first kappa shape index (κ1) is 7.30. The Bertz CT molecular complexity index is 1230. The molecule has 1 unspecified atom stereocenters. The van der Waals surface area contributed by atoms with Crippen molar-refractivity contribution in [2.24, 2.45) is 0 Å². The number of benzene rings is 1. The van der Waals surface area contributed by atoms with Crippen molar-refractivity contribution in [1.29, 1.82) is 0 Å². The highest BCUT2D eigenvalue weighted by molar-refractivity contribution is 5.81. The van der Waals surface area contributed by atoms with Gasteiger partial charge in [-0.25, -0.2) is 4.98 Å². The molecular formula is C19H21N3O. The third-order valence-electron chi connectivity index (χ3n) is 3.30. The largest absolute Gasteiger partial charge is 0.348 e. The summed E-state index contributed by atoms with van der Waals surface area (Å²) < 4.78 is 79.5. The van der Waals surface area contributed by atoms with Gasteiger partial charge < -0.3 is 9.30 Å². The highest BCUT2D eigenvalue weighted by Gasteiger charge is 2.18.